The normalized spacial score (nSPS) is 19.9. The van der Waals surface area contributed by atoms with Gasteiger partial charge in [0.25, 0.3) is 0 Å². The molecule has 6 atom stereocenters. The highest BCUT2D eigenvalue weighted by Crippen LogP contribution is 2.23. The predicted octanol–water partition coefficient (Wildman–Crippen LogP) is 12.0. The van der Waals surface area contributed by atoms with Crippen LogP contribution in [0.15, 0.2) is 48.6 Å². The molecule has 0 aliphatic carbocycles. The Labute approximate surface area is 384 Å². The lowest BCUT2D eigenvalue weighted by atomic mass is 9.99. The number of aliphatic hydroxyl groups is 4. The van der Waals surface area contributed by atoms with Crippen molar-refractivity contribution in [3.8, 4) is 0 Å². The molecule has 0 saturated carbocycles. The average molecular weight is 891 g/mol. The van der Waals surface area contributed by atoms with Crippen molar-refractivity contribution in [1.29, 1.82) is 0 Å². The van der Waals surface area contributed by atoms with Crippen molar-refractivity contribution in [2.24, 2.45) is 0 Å². The van der Waals surface area contributed by atoms with Crippen LogP contribution in [0.25, 0.3) is 0 Å². The highest BCUT2D eigenvalue weighted by Gasteiger charge is 2.44. The van der Waals surface area contributed by atoms with Gasteiger partial charge >= 0.3 is 11.9 Å². The van der Waals surface area contributed by atoms with Crippen LogP contribution in [0.4, 0.5) is 0 Å². The second-order valence-corrected chi connectivity index (χ2v) is 17.7. The Morgan fingerprint density at radius 3 is 1.46 bits per heavy atom. The van der Waals surface area contributed by atoms with Crippen molar-refractivity contribution >= 4 is 11.9 Å². The number of ether oxygens (including phenoxy) is 4. The average Bonchev–Trinajstić information content (AvgIpc) is 3.28. The van der Waals surface area contributed by atoms with Gasteiger partial charge in [-0.2, -0.15) is 0 Å². The summed E-state index contributed by atoms with van der Waals surface area (Å²) in [7, 11) is 0. The molecule has 0 spiro atoms. The van der Waals surface area contributed by atoms with Crippen molar-refractivity contribution in [2.75, 3.05) is 19.8 Å². The molecule has 0 bridgehead atoms. The second kappa shape index (κ2) is 43.5. The molecule has 0 radical (unpaired) electrons. The van der Waals surface area contributed by atoms with E-state index < -0.39 is 55.4 Å². The maximum Gasteiger partial charge on any atom is 0.330 e. The molecule has 366 valence electrons. The maximum absolute atomic E-state index is 12.8. The van der Waals surface area contributed by atoms with Gasteiger partial charge in [0.1, 0.15) is 31.0 Å². The Morgan fingerprint density at radius 1 is 0.524 bits per heavy atom. The molecule has 0 aromatic heterocycles. The van der Waals surface area contributed by atoms with E-state index in [0.717, 1.165) is 38.5 Å². The van der Waals surface area contributed by atoms with Crippen molar-refractivity contribution < 1.29 is 49.0 Å². The highest BCUT2D eigenvalue weighted by atomic mass is 16.7. The van der Waals surface area contributed by atoms with Crippen LogP contribution in [-0.2, 0) is 28.5 Å². The van der Waals surface area contributed by atoms with Crippen molar-refractivity contribution in [3.05, 3.63) is 48.6 Å². The van der Waals surface area contributed by atoms with Crippen molar-refractivity contribution in [2.45, 2.75) is 256 Å². The molecule has 0 aromatic rings. The highest BCUT2D eigenvalue weighted by molar-refractivity contribution is 5.82. The SMILES string of the molecule is CCCCCCCCCCCCC/C=C/C=C/C(=O)OC[C@H](CO[C@@H]1O[C@H](CO)[C@H](O)C(O)C1O)OC(=O)CCC/C=C/CC/C=C/CCCCCCCCCCCCCCCC. The van der Waals surface area contributed by atoms with Gasteiger partial charge in [-0.15, -0.1) is 0 Å². The van der Waals surface area contributed by atoms with E-state index in [-0.39, 0.29) is 19.6 Å². The van der Waals surface area contributed by atoms with E-state index in [2.05, 4.69) is 38.2 Å². The quantitative estimate of drug-likeness (QED) is 0.0153. The number of unbranched alkanes of at least 4 members (excludes halogenated alkanes) is 27. The zero-order valence-electron chi connectivity index (χ0n) is 40.1. The minimum absolute atomic E-state index is 0.151. The molecular weight excluding hydrogens is 797 g/mol. The first kappa shape index (κ1) is 58.7. The lowest BCUT2D eigenvalue weighted by molar-refractivity contribution is -0.305. The first-order chi connectivity index (χ1) is 30.8. The van der Waals surface area contributed by atoms with Crippen LogP contribution in [-0.4, -0.2) is 89.0 Å². The molecule has 4 N–H and O–H groups in total. The number of rotatable bonds is 43. The molecule has 1 fully saturated rings. The summed E-state index contributed by atoms with van der Waals surface area (Å²) >= 11 is 0. The monoisotopic (exact) mass is 891 g/mol. The lowest BCUT2D eigenvalue weighted by Gasteiger charge is -2.39. The fourth-order valence-corrected chi connectivity index (χ4v) is 7.71. The van der Waals surface area contributed by atoms with Gasteiger partial charge in [0.05, 0.1) is 13.2 Å². The summed E-state index contributed by atoms with van der Waals surface area (Å²) in [6.45, 7) is 3.29. The first-order valence-electron chi connectivity index (χ1n) is 25.7. The third-order valence-corrected chi connectivity index (χ3v) is 11.8. The first-order valence-corrected chi connectivity index (χ1v) is 25.7. The summed E-state index contributed by atoms with van der Waals surface area (Å²) in [4.78, 5) is 25.3. The van der Waals surface area contributed by atoms with Gasteiger partial charge < -0.3 is 39.4 Å². The molecule has 1 heterocycles. The Balaban J connectivity index is 2.32. The number of carbonyl (C=O) groups excluding carboxylic acids is 2. The zero-order chi connectivity index (χ0) is 45.9. The molecule has 63 heavy (non-hydrogen) atoms. The van der Waals surface area contributed by atoms with E-state index in [4.69, 9.17) is 18.9 Å². The molecule has 2 unspecified atom stereocenters. The summed E-state index contributed by atoms with van der Waals surface area (Å²) < 4.78 is 22.0. The van der Waals surface area contributed by atoms with Crippen LogP contribution in [0.3, 0.4) is 0 Å². The molecule has 1 aliphatic rings. The molecule has 0 aromatic carbocycles. The molecule has 1 rings (SSSR count). The zero-order valence-corrected chi connectivity index (χ0v) is 40.1. The van der Waals surface area contributed by atoms with Gasteiger partial charge in [0.2, 0.25) is 0 Å². The van der Waals surface area contributed by atoms with Gasteiger partial charge in [-0.1, -0.05) is 204 Å². The summed E-state index contributed by atoms with van der Waals surface area (Å²) in [5.74, 6) is -1.10. The largest absolute Gasteiger partial charge is 0.458 e. The van der Waals surface area contributed by atoms with E-state index >= 15 is 0 Å². The van der Waals surface area contributed by atoms with Gasteiger partial charge in [0.15, 0.2) is 12.4 Å². The topological polar surface area (TPSA) is 152 Å². The molecule has 1 aliphatic heterocycles. The lowest BCUT2D eigenvalue weighted by Crippen LogP contribution is -2.59. The molecular formula is C53H94O10. The number of esters is 2. The van der Waals surface area contributed by atoms with Crippen LogP contribution < -0.4 is 0 Å². The van der Waals surface area contributed by atoms with Gasteiger partial charge in [-0.3, -0.25) is 4.79 Å². The summed E-state index contributed by atoms with van der Waals surface area (Å²) in [6, 6.07) is 0. The third kappa shape index (κ3) is 34.6. The summed E-state index contributed by atoms with van der Waals surface area (Å²) in [5.41, 5.74) is 0. The van der Waals surface area contributed by atoms with Crippen LogP contribution in [0.1, 0.15) is 219 Å². The van der Waals surface area contributed by atoms with Crippen molar-refractivity contribution in [1.82, 2.24) is 0 Å². The number of hydrogen-bond donors (Lipinski definition) is 4. The number of carbonyl (C=O) groups is 2. The minimum Gasteiger partial charge on any atom is -0.458 e. The van der Waals surface area contributed by atoms with Crippen molar-refractivity contribution in [3.63, 3.8) is 0 Å². The van der Waals surface area contributed by atoms with Gasteiger partial charge in [-0.05, 0) is 51.4 Å². The van der Waals surface area contributed by atoms with E-state index in [0.29, 0.717) is 6.42 Å². The third-order valence-electron chi connectivity index (χ3n) is 11.8. The Bertz CT molecular complexity index is 1170. The molecule has 10 nitrogen and oxygen atoms in total. The number of hydrogen-bond acceptors (Lipinski definition) is 10. The summed E-state index contributed by atoms with van der Waals surface area (Å²) in [5, 5.41) is 40.1. The van der Waals surface area contributed by atoms with E-state index in [9.17, 15) is 30.0 Å². The number of allylic oxidation sites excluding steroid dienone is 7. The smallest absolute Gasteiger partial charge is 0.330 e. The summed E-state index contributed by atoms with van der Waals surface area (Å²) in [6.07, 6.45) is 46.2. The Hall–Kier alpha value is -2.34. The second-order valence-electron chi connectivity index (χ2n) is 17.7. The fourth-order valence-electron chi connectivity index (χ4n) is 7.71. The minimum atomic E-state index is -1.62. The van der Waals surface area contributed by atoms with E-state index in [1.165, 1.54) is 160 Å². The van der Waals surface area contributed by atoms with Gasteiger partial charge in [0, 0.05) is 12.5 Å². The van der Waals surface area contributed by atoms with Crippen LogP contribution in [0.2, 0.25) is 0 Å². The Kier molecular flexibility index (Phi) is 40.6. The van der Waals surface area contributed by atoms with Gasteiger partial charge in [-0.25, -0.2) is 4.79 Å². The number of aliphatic hydroxyl groups excluding tert-OH is 4. The molecule has 0 amide bonds. The standard InChI is InChI=1S/C53H94O10/c1-3-5-7-9-11-13-15-17-19-20-21-22-23-24-25-26-28-30-32-34-36-38-40-42-49(56)62-46(45-61-53-52(59)51(58)50(57)47(43-54)63-53)44-60-48(55)41-39-37-35-33-31-29-27-18-16-14-12-10-8-6-4-2/h26,28,34-37,39,41,46-47,50-54,57-59H,3-25,27,29-33,38,40,42-45H2,1-2H3/b28-26+,36-34+,37-35+,41-39+/t46-,47-,50+,51?,52?,53-/m1/s1. The van der Waals surface area contributed by atoms with E-state index in [1.54, 1.807) is 6.08 Å². The van der Waals surface area contributed by atoms with Crippen LogP contribution in [0.5, 0.6) is 0 Å². The van der Waals surface area contributed by atoms with E-state index in [1.807, 2.05) is 12.2 Å². The molecule has 1 saturated heterocycles. The Morgan fingerprint density at radius 2 is 0.968 bits per heavy atom. The maximum atomic E-state index is 12.8. The molecule has 10 heteroatoms. The van der Waals surface area contributed by atoms with Crippen LogP contribution >= 0.6 is 0 Å². The fraction of sp³-hybridized carbons (Fsp3) is 0.811. The predicted molar refractivity (Wildman–Crippen MR) is 256 cm³/mol. The van der Waals surface area contributed by atoms with Crippen LogP contribution in [0, 0.1) is 0 Å².